The van der Waals surface area contributed by atoms with E-state index in [0.29, 0.717) is 25.2 Å². The van der Waals surface area contributed by atoms with Crippen LogP contribution in [0, 0.1) is 10.1 Å². The van der Waals surface area contributed by atoms with E-state index in [9.17, 15) is 14.9 Å². The van der Waals surface area contributed by atoms with Crippen molar-refractivity contribution in [2.24, 2.45) is 11.5 Å². The monoisotopic (exact) mass is 281 g/mol. The summed E-state index contributed by atoms with van der Waals surface area (Å²) in [5.74, 6) is 0.0507. The number of primary amides is 1. The maximum atomic E-state index is 11.0. The number of unbranched alkanes of at least 4 members (excludes halogenated alkanes) is 1. The van der Waals surface area contributed by atoms with E-state index in [2.05, 4.69) is 0 Å². The van der Waals surface area contributed by atoms with E-state index in [1.54, 1.807) is 19.1 Å². The lowest BCUT2D eigenvalue weighted by molar-refractivity contribution is -0.384. The molecule has 1 atom stereocenters. The first kappa shape index (κ1) is 15.9. The van der Waals surface area contributed by atoms with Crippen molar-refractivity contribution in [1.29, 1.82) is 0 Å². The SMILES string of the molecule is CC(N)(CCCCOc1ccc([N+](=O)[O-])cc1)C(N)=O. The van der Waals surface area contributed by atoms with Gasteiger partial charge in [0.25, 0.3) is 5.69 Å². The third-order valence-electron chi connectivity index (χ3n) is 2.97. The molecular formula is C13H19N3O4. The third-order valence-corrected chi connectivity index (χ3v) is 2.97. The van der Waals surface area contributed by atoms with Crippen LogP contribution >= 0.6 is 0 Å². The number of nitrogens with two attached hydrogens (primary N) is 2. The van der Waals surface area contributed by atoms with Crippen LogP contribution in [0.3, 0.4) is 0 Å². The van der Waals surface area contributed by atoms with Crippen LogP contribution in [0.15, 0.2) is 24.3 Å². The zero-order valence-electron chi connectivity index (χ0n) is 11.4. The number of non-ortho nitro benzene ring substituents is 1. The maximum Gasteiger partial charge on any atom is 0.269 e. The number of carbonyl (C=O) groups is 1. The first-order valence-corrected chi connectivity index (χ1v) is 6.29. The Morgan fingerprint density at radius 2 is 1.95 bits per heavy atom. The summed E-state index contributed by atoms with van der Waals surface area (Å²) < 4.78 is 5.44. The van der Waals surface area contributed by atoms with Crippen molar-refractivity contribution >= 4 is 11.6 Å². The van der Waals surface area contributed by atoms with Gasteiger partial charge in [-0.25, -0.2) is 0 Å². The van der Waals surface area contributed by atoms with Gasteiger partial charge in [0, 0.05) is 12.1 Å². The molecule has 1 rings (SSSR count). The maximum absolute atomic E-state index is 11.0. The zero-order chi connectivity index (χ0) is 15.2. The number of nitro groups is 1. The standard InChI is InChI=1S/C13H19N3O4/c1-13(15,12(14)17)8-2-3-9-20-11-6-4-10(5-7-11)16(18)19/h4-7H,2-3,8-9,15H2,1H3,(H2,14,17). The molecule has 0 spiro atoms. The van der Waals surface area contributed by atoms with Crippen molar-refractivity contribution in [3.8, 4) is 5.75 Å². The molecule has 0 radical (unpaired) electrons. The molecule has 110 valence electrons. The molecule has 1 unspecified atom stereocenters. The van der Waals surface area contributed by atoms with Gasteiger partial charge < -0.3 is 16.2 Å². The normalized spacial score (nSPS) is 13.5. The quantitative estimate of drug-likeness (QED) is 0.423. The minimum Gasteiger partial charge on any atom is -0.494 e. The highest BCUT2D eigenvalue weighted by Crippen LogP contribution is 2.18. The average molecular weight is 281 g/mol. The third kappa shape index (κ3) is 4.85. The van der Waals surface area contributed by atoms with E-state index >= 15 is 0 Å². The van der Waals surface area contributed by atoms with Gasteiger partial charge in [0.05, 0.1) is 17.1 Å². The molecule has 1 aromatic carbocycles. The predicted octanol–water partition coefficient (Wildman–Crippen LogP) is 1.35. The molecule has 4 N–H and O–H groups in total. The Hall–Kier alpha value is -2.15. The molecule has 0 aliphatic carbocycles. The Bertz CT molecular complexity index is 471. The Morgan fingerprint density at radius 1 is 1.35 bits per heavy atom. The summed E-state index contributed by atoms with van der Waals surface area (Å²) in [6.45, 7) is 2.05. The molecule has 0 saturated heterocycles. The second kappa shape index (κ2) is 6.85. The first-order chi connectivity index (χ1) is 9.33. The van der Waals surface area contributed by atoms with Crippen LogP contribution in [0.1, 0.15) is 26.2 Å². The summed E-state index contributed by atoms with van der Waals surface area (Å²) in [6, 6.07) is 5.88. The van der Waals surface area contributed by atoms with Crippen molar-refractivity contribution in [1.82, 2.24) is 0 Å². The lowest BCUT2D eigenvalue weighted by atomic mass is 9.96. The molecule has 0 aliphatic rings. The zero-order valence-corrected chi connectivity index (χ0v) is 11.4. The number of benzene rings is 1. The second-order valence-electron chi connectivity index (χ2n) is 4.84. The summed E-state index contributed by atoms with van der Waals surface area (Å²) >= 11 is 0. The fourth-order valence-corrected chi connectivity index (χ4v) is 1.57. The Morgan fingerprint density at radius 3 is 2.45 bits per heavy atom. The smallest absolute Gasteiger partial charge is 0.269 e. The second-order valence-corrected chi connectivity index (χ2v) is 4.84. The number of nitrogens with zero attached hydrogens (tertiary/aromatic N) is 1. The van der Waals surface area contributed by atoms with Crippen LogP contribution in [-0.2, 0) is 4.79 Å². The number of hydrogen-bond acceptors (Lipinski definition) is 5. The van der Waals surface area contributed by atoms with Gasteiger partial charge in [-0.05, 0) is 38.3 Å². The largest absolute Gasteiger partial charge is 0.494 e. The Kier molecular flexibility index (Phi) is 5.45. The summed E-state index contributed by atoms with van der Waals surface area (Å²) in [5.41, 5.74) is 9.92. The van der Waals surface area contributed by atoms with Crippen molar-refractivity contribution in [2.75, 3.05) is 6.61 Å². The lowest BCUT2D eigenvalue weighted by Crippen LogP contribution is -2.49. The molecular weight excluding hydrogens is 262 g/mol. The van der Waals surface area contributed by atoms with Crippen LogP contribution < -0.4 is 16.2 Å². The summed E-state index contributed by atoms with van der Waals surface area (Å²) in [6.07, 6.45) is 1.92. The molecule has 0 bridgehead atoms. The van der Waals surface area contributed by atoms with Crippen molar-refractivity contribution in [2.45, 2.75) is 31.7 Å². The highest BCUT2D eigenvalue weighted by molar-refractivity contribution is 5.83. The lowest BCUT2D eigenvalue weighted by Gasteiger charge is -2.19. The minimum absolute atomic E-state index is 0.0257. The molecule has 0 heterocycles. The molecule has 7 heteroatoms. The molecule has 0 aromatic heterocycles. The average Bonchev–Trinajstić information content (AvgIpc) is 2.38. The van der Waals surface area contributed by atoms with E-state index < -0.39 is 16.4 Å². The van der Waals surface area contributed by atoms with Gasteiger partial charge in [0.15, 0.2) is 0 Å². The van der Waals surface area contributed by atoms with Crippen molar-refractivity contribution in [3.05, 3.63) is 34.4 Å². The fourth-order valence-electron chi connectivity index (χ4n) is 1.57. The van der Waals surface area contributed by atoms with Crippen molar-refractivity contribution in [3.63, 3.8) is 0 Å². The molecule has 1 aromatic rings. The van der Waals surface area contributed by atoms with E-state index in [1.807, 2.05) is 0 Å². The summed E-state index contributed by atoms with van der Waals surface area (Å²) in [7, 11) is 0. The van der Waals surface area contributed by atoms with Crippen LogP contribution in [0.4, 0.5) is 5.69 Å². The summed E-state index contributed by atoms with van der Waals surface area (Å²) in [5, 5.41) is 10.5. The number of hydrogen-bond donors (Lipinski definition) is 2. The molecule has 1 amide bonds. The minimum atomic E-state index is -0.993. The van der Waals surface area contributed by atoms with E-state index in [4.69, 9.17) is 16.2 Å². The number of carbonyl (C=O) groups excluding carboxylic acids is 1. The topological polar surface area (TPSA) is 121 Å². The number of amides is 1. The molecule has 20 heavy (non-hydrogen) atoms. The number of rotatable bonds is 8. The molecule has 0 saturated carbocycles. The van der Waals surface area contributed by atoms with Gasteiger partial charge >= 0.3 is 0 Å². The first-order valence-electron chi connectivity index (χ1n) is 6.29. The van der Waals surface area contributed by atoms with Gasteiger partial charge in [0.2, 0.25) is 5.91 Å². The fraction of sp³-hybridized carbons (Fsp3) is 0.462. The van der Waals surface area contributed by atoms with E-state index in [-0.39, 0.29) is 5.69 Å². The number of ether oxygens (including phenoxy) is 1. The van der Waals surface area contributed by atoms with E-state index in [0.717, 1.165) is 6.42 Å². The summed E-state index contributed by atoms with van der Waals surface area (Å²) in [4.78, 5) is 21.0. The Balaban J connectivity index is 2.28. The highest BCUT2D eigenvalue weighted by atomic mass is 16.6. The van der Waals surface area contributed by atoms with Crippen LogP contribution in [0.2, 0.25) is 0 Å². The highest BCUT2D eigenvalue weighted by Gasteiger charge is 2.24. The molecule has 0 aliphatic heterocycles. The van der Waals surface area contributed by atoms with Gasteiger partial charge in [0.1, 0.15) is 5.75 Å². The number of nitro benzene ring substituents is 1. The van der Waals surface area contributed by atoms with Gasteiger partial charge in [-0.15, -0.1) is 0 Å². The molecule has 7 nitrogen and oxygen atoms in total. The van der Waals surface area contributed by atoms with Gasteiger partial charge in [-0.1, -0.05) is 0 Å². The van der Waals surface area contributed by atoms with Gasteiger partial charge in [-0.2, -0.15) is 0 Å². The van der Waals surface area contributed by atoms with E-state index in [1.165, 1.54) is 12.1 Å². The van der Waals surface area contributed by atoms with Gasteiger partial charge in [-0.3, -0.25) is 14.9 Å². The molecule has 0 fully saturated rings. The van der Waals surface area contributed by atoms with Crippen LogP contribution in [0.5, 0.6) is 5.75 Å². The van der Waals surface area contributed by atoms with Crippen LogP contribution in [0.25, 0.3) is 0 Å². The predicted molar refractivity (Wildman–Crippen MR) is 74.2 cm³/mol. The van der Waals surface area contributed by atoms with Crippen molar-refractivity contribution < 1.29 is 14.5 Å². The van der Waals surface area contributed by atoms with Crippen LogP contribution in [-0.4, -0.2) is 23.0 Å². The Labute approximate surface area is 117 Å².